The monoisotopic (exact) mass is 302 g/mol. The lowest BCUT2D eigenvalue weighted by atomic mass is 10.1. The highest BCUT2D eigenvalue weighted by Gasteiger charge is 2.20. The molecule has 0 atom stereocenters. The molecule has 1 fully saturated rings. The summed E-state index contributed by atoms with van der Waals surface area (Å²) in [5.41, 5.74) is 5.70. The van der Waals surface area contributed by atoms with Gasteiger partial charge in [0.05, 0.1) is 24.4 Å². The van der Waals surface area contributed by atoms with Crippen molar-refractivity contribution < 1.29 is 4.74 Å². The number of aromatic nitrogens is 1. The standard InChI is InChI=1S/C17H22N2OS/c1-13-17(21-12-19-13)8-9-20-11-15-5-3-2-4-14(15)10-18-16-6-7-16/h2-5,12,16,18H,6-11H2,1H3. The Morgan fingerprint density at radius 2 is 2.10 bits per heavy atom. The number of hydrogen-bond acceptors (Lipinski definition) is 4. The average molecular weight is 302 g/mol. The van der Waals surface area contributed by atoms with E-state index >= 15 is 0 Å². The Bertz CT molecular complexity index is 578. The molecule has 0 bridgehead atoms. The van der Waals surface area contributed by atoms with Gasteiger partial charge in [0.15, 0.2) is 0 Å². The molecule has 112 valence electrons. The van der Waals surface area contributed by atoms with Gasteiger partial charge in [0.1, 0.15) is 0 Å². The molecule has 1 aromatic carbocycles. The van der Waals surface area contributed by atoms with Crippen LogP contribution in [0.3, 0.4) is 0 Å². The van der Waals surface area contributed by atoms with Crippen LogP contribution in [0.2, 0.25) is 0 Å². The Morgan fingerprint density at radius 3 is 2.81 bits per heavy atom. The van der Waals surface area contributed by atoms with Crippen molar-refractivity contribution in [1.82, 2.24) is 10.3 Å². The lowest BCUT2D eigenvalue weighted by Gasteiger charge is -2.11. The molecule has 0 saturated heterocycles. The van der Waals surface area contributed by atoms with Gasteiger partial charge in [0.25, 0.3) is 0 Å². The van der Waals surface area contributed by atoms with Crippen LogP contribution in [0, 0.1) is 6.92 Å². The Balaban J connectivity index is 1.46. The number of ether oxygens (including phenoxy) is 1. The average Bonchev–Trinajstić information content (AvgIpc) is 3.25. The number of aryl methyl sites for hydroxylation is 1. The van der Waals surface area contributed by atoms with E-state index in [-0.39, 0.29) is 0 Å². The van der Waals surface area contributed by atoms with Crippen molar-refractivity contribution in [3.63, 3.8) is 0 Å². The second kappa shape index (κ2) is 7.16. The first-order valence-corrected chi connectivity index (χ1v) is 8.48. The van der Waals surface area contributed by atoms with Gasteiger partial charge in [0, 0.05) is 23.9 Å². The maximum Gasteiger partial charge on any atom is 0.0797 e. The quantitative estimate of drug-likeness (QED) is 0.758. The first-order chi connectivity index (χ1) is 10.3. The number of thiazole rings is 1. The molecule has 1 heterocycles. The molecule has 21 heavy (non-hydrogen) atoms. The molecule has 3 rings (SSSR count). The highest BCUT2D eigenvalue weighted by atomic mass is 32.1. The van der Waals surface area contributed by atoms with Crippen LogP contribution in [0.25, 0.3) is 0 Å². The first kappa shape index (κ1) is 14.7. The summed E-state index contributed by atoms with van der Waals surface area (Å²) in [7, 11) is 0. The molecule has 1 N–H and O–H groups in total. The number of hydrogen-bond donors (Lipinski definition) is 1. The SMILES string of the molecule is Cc1ncsc1CCOCc1ccccc1CNC1CC1. The van der Waals surface area contributed by atoms with Crippen molar-refractivity contribution in [2.24, 2.45) is 0 Å². The summed E-state index contributed by atoms with van der Waals surface area (Å²) in [5, 5.41) is 3.57. The van der Waals surface area contributed by atoms with Crippen LogP contribution < -0.4 is 5.32 Å². The van der Waals surface area contributed by atoms with Crippen LogP contribution in [-0.2, 0) is 24.3 Å². The van der Waals surface area contributed by atoms with Crippen LogP contribution in [0.5, 0.6) is 0 Å². The topological polar surface area (TPSA) is 34.1 Å². The summed E-state index contributed by atoms with van der Waals surface area (Å²) in [5.74, 6) is 0. The molecular weight excluding hydrogens is 280 g/mol. The zero-order valence-electron chi connectivity index (χ0n) is 12.5. The smallest absolute Gasteiger partial charge is 0.0797 e. The van der Waals surface area contributed by atoms with E-state index in [1.54, 1.807) is 11.3 Å². The molecule has 0 radical (unpaired) electrons. The molecule has 1 saturated carbocycles. The number of benzene rings is 1. The third-order valence-electron chi connectivity index (χ3n) is 3.85. The van der Waals surface area contributed by atoms with Crippen LogP contribution >= 0.6 is 11.3 Å². The minimum atomic E-state index is 0.695. The molecule has 0 amide bonds. The van der Waals surface area contributed by atoms with Gasteiger partial charge in [-0.3, -0.25) is 0 Å². The van der Waals surface area contributed by atoms with Crippen LogP contribution in [0.15, 0.2) is 29.8 Å². The molecule has 3 nitrogen and oxygen atoms in total. The van der Waals surface area contributed by atoms with Crippen molar-refractivity contribution >= 4 is 11.3 Å². The van der Waals surface area contributed by atoms with Gasteiger partial charge in [-0.2, -0.15) is 0 Å². The fraction of sp³-hybridized carbons (Fsp3) is 0.471. The Labute approximate surface area is 130 Å². The van der Waals surface area contributed by atoms with Crippen molar-refractivity contribution in [3.05, 3.63) is 51.5 Å². The fourth-order valence-electron chi connectivity index (χ4n) is 2.33. The van der Waals surface area contributed by atoms with E-state index in [4.69, 9.17) is 4.74 Å². The van der Waals surface area contributed by atoms with E-state index in [0.717, 1.165) is 31.3 Å². The van der Waals surface area contributed by atoms with E-state index < -0.39 is 0 Å². The molecule has 1 aliphatic rings. The lowest BCUT2D eigenvalue weighted by molar-refractivity contribution is 0.123. The molecular formula is C17H22N2OS. The maximum absolute atomic E-state index is 5.86. The molecule has 0 aliphatic heterocycles. The third-order valence-corrected chi connectivity index (χ3v) is 4.85. The Morgan fingerprint density at radius 1 is 1.29 bits per heavy atom. The minimum absolute atomic E-state index is 0.695. The number of rotatable bonds is 8. The summed E-state index contributed by atoms with van der Waals surface area (Å²) in [6.45, 7) is 4.47. The first-order valence-electron chi connectivity index (χ1n) is 7.60. The fourth-order valence-corrected chi connectivity index (χ4v) is 3.09. The summed E-state index contributed by atoms with van der Waals surface area (Å²) < 4.78 is 5.86. The van der Waals surface area contributed by atoms with Gasteiger partial charge >= 0.3 is 0 Å². The van der Waals surface area contributed by atoms with E-state index in [1.165, 1.54) is 28.8 Å². The second-order valence-corrected chi connectivity index (χ2v) is 6.53. The summed E-state index contributed by atoms with van der Waals surface area (Å²) >= 11 is 1.72. The van der Waals surface area contributed by atoms with Crippen molar-refractivity contribution in [3.8, 4) is 0 Å². The van der Waals surface area contributed by atoms with Crippen molar-refractivity contribution in [1.29, 1.82) is 0 Å². The second-order valence-electron chi connectivity index (χ2n) is 5.59. The molecule has 1 aromatic heterocycles. The lowest BCUT2D eigenvalue weighted by Crippen LogP contribution is -2.16. The van der Waals surface area contributed by atoms with Crippen molar-refractivity contribution in [2.75, 3.05) is 6.61 Å². The largest absolute Gasteiger partial charge is 0.376 e. The minimum Gasteiger partial charge on any atom is -0.376 e. The van der Waals surface area contributed by atoms with Crippen LogP contribution in [-0.4, -0.2) is 17.6 Å². The van der Waals surface area contributed by atoms with Gasteiger partial charge < -0.3 is 10.1 Å². The van der Waals surface area contributed by atoms with Gasteiger partial charge in [-0.05, 0) is 30.9 Å². The molecule has 0 unspecified atom stereocenters. The van der Waals surface area contributed by atoms with E-state index in [0.29, 0.717) is 6.61 Å². The summed E-state index contributed by atoms with van der Waals surface area (Å²) in [6, 6.07) is 9.30. The Hall–Kier alpha value is -1.23. The zero-order chi connectivity index (χ0) is 14.5. The predicted molar refractivity (Wildman–Crippen MR) is 86.5 cm³/mol. The molecule has 1 aliphatic carbocycles. The van der Waals surface area contributed by atoms with Gasteiger partial charge in [-0.25, -0.2) is 4.98 Å². The summed E-state index contributed by atoms with van der Waals surface area (Å²) in [4.78, 5) is 5.60. The van der Waals surface area contributed by atoms with Crippen LogP contribution in [0.4, 0.5) is 0 Å². The zero-order valence-corrected chi connectivity index (χ0v) is 13.3. The molecule has 4 heteroatoms. The number of nitrogens with zero attached hydrogens (tertiary/aromatic N) is 1. The Kier molecular flexibility index (Phi) is 5.01. The molecule has 0 spiro atoms. The highest BCUT2D eigenvalue weighted by molar-refractivity contribution is 7.09. The van der Waals surface area contributed by atoms with Gasteiger partial charge in [-0.15, -0.1) is 11.3 Å². The van der Waals surface area contributed by atoms with E-state index in [1.807, 2.05) is 5.51 Å². The normalized spacial score (nSPS) is 14.5. The van der Waals surface area contributed by atoms with E-state index in [2.05, 4.69) is 41.5 Å². The van der Waals surface area contributed by atoms with Crippen molar-refractivity contribution in [2.45, 2.75) is 45.4 Å². The van der Waals surface area contributed by atoms with Crippen LogP contribution in [0.1, 0.15) is 34.5 Å². The number of nitrogens with one attached hydrogen (secondary N) is 1. The van der Waals surface area contributed by atoms with Gasteiger partial charge in [0.2, 0.25) is 0 Å². The third kappa shape index (κ3) is 4.37. The maximum atomic E-state index is 5.86. The summed E-state index contributed by atoms with van der Waals surface area (Å²) in [6.07, 6.45) is 3.61. The van der Waals surface area contributed by atoms with Gasteiger partial charge in [-0.1, -0.05) is 24.3 Å². The van der Waals surface area contributed by atoms with E-state index in [9.17, 15) is 0 Å². The molecule has 2 aromatic rings. The predicted octanol–water partition coefficient (Wildman–Crippen LogP) is 3.46. The highest BCUT2D eigenvalue weighted by Crippen LogP contribution is 2.20.